The normalized spacial score (nSPS) is 22.7. The van der Waals surface area contributed by atoms with Gasteiger partial charge in [-0.1, -0.05) is 6.92 Å². The number of nitrogens with zero attached hydrogens (tertiary/aromatic N) is 2. The van der Waals surface area contributed by atoms with Crippen LogP contribution in [0.1, 0.15) is 43.6 Å². The minimum absolute atomic E-state index is 0.497. The van der Waals surface area contributed by atoms with Gasteiger partial charge in [-0.25, -0.2) is 4.98 Å². The summed E-state index contributed by atoms with van der Waals surface area (Å²) in [6.07, 6.45) is 9.65. The molecule has 1 saturated heterocycles. The number of aromatic nitrogens is 2. The monoisotopic (exact) mass is 339 g/mol. The number of hydrogen-bond donors (Lipinski definition) is 1. The molecule has 0 bridgehead atoms. The van der Waals surface area contributed by atoms with Crippen LogP contribution < -0.4 is 14.8 Å². The Labute approximate surface area is 148 Å². The lowest BCUT2D eigenvalue weighted by Gasteiger charge is -2.32. The van der Waals surface area contributed by atoms with Crippen molar-refractivity contribution < 1.29 is 9.47 Å². The molecule has 0 saturated carbocycles. The summed E-state index contributed by atoms with van der Waals surface area (Å²) in [5.74, 6) is 2.76. The van der Waals surface area contributed by atoms with Gasteiger partial charge in [-0.2, -0.15) is 0 Å². The topological polar surface area (TPSA) is 48.3 Å². The SMILES string of the molecule is CC[C@H]1C[C@H](n2ccnc2C2=Cc3cc(OC)ccc3OC2)CCN1. The summed E-state index contributed by atoms with van der Waals surface area (Å²) in [6.45, 7) is 3.87. The predicted molar refractivity (Wildman–Crippen MR) is 98.9 cm³/mol. The molecule has 5 heteroatoms. The summed E-state index contributed by atoms with van der Waals surface area (Å²) in [6, 6.07) is 7.00. The van der Waals surface area contributed by atoms with Gasteiger partial charge in [0, 0.05) is 35.6 Å². The van der Waals surface area contributed by atoms with Gasteiger partial charge in [0.25, 0.3) is 0 Å². The molecular weight excluding hydrogens is 314 g/mol. The zero-order chi connectivity index (χ0) is 17.2. The number of methoxy groups -OCH3 is 1. The molecule has 5 nitrogen and oxygen atoms in total. The van der Waals surface area contributed by atoms with Gasteiger partial charge >= 0.3 is 0 Å². The molecule has 1 N–H and O–H groups in total. The molecule has 1 aromatic carbocycles. The molecule has 1 aromatic heterocycles. The minimum Gasteiger partial charge on any atom is -0.497 e. The molecule has 2 atom stereocenters. The largest absolute Gasteiger partial charge is 0.497 e. The molecule has 25 heavy (non-hydrogen) atoms. The van der Waals surface area contributed by atoms with Crippen molar-refractivity contribution >= 4 is 11.6 Å². The highest BCUT2D eigenvalue weighted by Crippen LogP contribution is 2.34. The second-order valence-corrected chi connectivity index (χ2v) is 6.76. The van der Waals surface area contributed by atoms with Gasteiger partial charge in [0.1, 0.15) is 23.9 Å². The zero-order valence-electron chi connectivity index (χ0n) is 14.9. The third-order valence-electron chi connectivity index (χ3n) is 5.24. The van der Waals surface area contributed by atoms with Crippen LogP contribution >= 0.6 is 0 Å². The van der Waals surface area contributed by atoms with Crippen molar-refractivity contribution in [3.63, 3.8) is 0 Å². The van der Waals surface area contributed by atoms with E-state index in [2.05, 4.69) is 34.1 Å². The highest BCUT2D eigenvalue weighted by atomic mass is 16.5. The van der Waals surface area contributed by atoms with Crippen LogP contribution in [0.2, 0.25) is 0 Å². The second-order valence-electron chi connectivity index (χ2n) is 6.76. The van der Waals surface area contributed by atoms with E-state index in [1.807, 2.05) is 24.4 Å². The van der Waals surface area contributed by atoms with E-state index in [-0.39, 0.29) is 0 Å². The van der Waals surface area contributed by atoms with E-state index >= 15 is 0 Å². The number of ether oxygens (including phenoxy) is 2. The first-order valence-electron chi connectivity index (χ1n) is 9.06. The van der Waals surface area contributed by atoms with Crippen LogP contribution in [0.4, 0.5) is 0 Å². The summed E-state index contributed by atoms with van der Waals surface area (Å²) >= 11 is 0. The Morgan fingerprint density at radius 3 is 3.16 bits per heavy atom. The fraction of sp³-hybridized carbons (Fsp3) is 0.450. The summed E-state index contributed by atoms with van der Waals surface area (Å²) in [5.41, 5.74) is 2.17. The summed E-state index contributed by atoms with van der Waals surface area (Å²) in [4.78, 5) is 4.64. The maximum atomic E-state index is 5.95. The van der Waals surface area contributed by atoms with Crippen molar-refractivity contribution in [3.05, 3.63) is 42.0 Å². The molecule has 0 amide bonds. The van der Waals surface area contributed by atoms with E-state index in [1.54, 1.807) is 7.11 Å². The molecule has 0 radical (unpaired) electrons. The van der Waals surface area contributed by atoms with E-state index in [0.717, 1.165) is 47.8 Å². The smallest absolute Gasteiger partial charge is 0.139 e. The van der Waals surface area contributed by atoms with Crippen molar-refractivity contribution in [3.8, 4) is 11.5 Å². The highest BCUT2D eigenvalue weighted by Gasteiger charge is 2.25. The molecule has 2 aliphatic heterocycles. The van der Waals surface area contributed by atoms with Gasteiger partial charge in [0.2, 0.25) is 0 Å². The van der Waals surface area contributed by atoms with E-state index in [1.165, 1.54) is 6.42 Å². The Bertz CT molecular complexity index is 781. The molecule has 2 aromatic rings. The van der Waals surface area contributed by atoms with E-state index in [0.29, 0.717) is 18.7 Å². The number of piperidine rings is 1. The van der Waals surface area contributed by atoms with Crippen molar-refractivity contribution in [1.82, 2.24) is 14.9 Å². The number of hydrogen-bond acceptors (Lipinski definition) is 4. The van der Waals surface area contributed by atoms with Crippen molar-refractivity contribution in [2.75, 3.05) is 20.3 Å². The molecule has 3 heterocycles. The first-order chi connectivity index (χ1) is 12.3. The van der Waals surface area contributed by atoms with E-state index < -0.39 is 0 Å². The average molecular weight is 339 g/mol. The van der Waals surface area contributed by atoms with Crippen LogP contribution in [0.5, 0.6) is 11.5 Å². The third kappa shape index (κ3) is 3.16. The maximum Gasteiger partial charge on any atom is 0.139 e. The van der Waals surface area contributed by atoms with Crippen molar-refractivity contribution in [2.24, 2.45) is 0 Å². The fourth-order valence-corrected chi connectivity index (χ4v) is 3.82. The Hall–Kier alpha value is -2.27. The Kier molecular flexibility index (Phi) is 4.49. The highest BCUT2D eigenvalue weighted by molar-refractivity contribution is 5.83. The van der Waals surface area contributed by atoms with Crippen LogP contribution in [0.3, 0.4) is 0 Å². The standard InChI is InChI=1S/C20H25N3O2/c1-3-16-12-17(6-7-21-16)23-9-8-22-20(23)15-10-14-11-18(24-2)4-5-19(14)25-13-15/h4-5,8-11,16-17,21H,3,6-7,12-13H2,1-2H3/t16-,17+/m0/s1. The molecule has 4 rings (SSSR count). The Morgan fingerprint density at radius 1 is 1.40 bits per heavy atom. The maximum absolute atomic E-state index is 5.95. The first kappa shape index (κ1) is 16.2. The lowest BCUT2D eigenvalue weighted by Crippen LogP contribution is -2.38. The molecule has 1 fully saturated rings. The number of rotatable bonds is 4. The summed E-state index contributed by atoms with van der Waals surface area (Å²) in [5, 5.41) is 3.60. The quantitative estimate of drug-likeness (QED) is 0.926. The molecule has 0 spiro atoms. The van der Waals surface area contributed by atoms with Gasteiger partial charge in [-0.15, -0.1) is 0 Å². The third-order valence-corrected chi connectivity index (χ3v) is 5.24. The van der Waals surface area contributed by atoms with Gasteiger partial charge in [-0.3, -0.25) is 0 Å². The minimum atomic E-state index is 0.497. The Balaban J connectivity index is 1.65. The van der Waals surface area contributed by atoms with Crippen LogP contribution in [0.25, 0.3) is 11.6 Å². The van der Waals surface area contributed by atoms with Crippen molar-refractivity contribution in [2.45, 2.75) is 38.3 Å². The zero-order valence-corrected chi connectivity index (χ0v) is 14.9. The summed E-state index contributed by atoms with van der Waals surface area (Å²) in [7, 11) is 1.68. The summed E-state index contributed by atoms with van der Waals surface area (Å²) < 4.78 is 13.6. The van der Waals surface area contributed by atoms with Gasteiger partial charge in [-0.05, 0) is 50.1 Å². The number of benzene rings is 1. The van der Waals surface area contributed by atoms with Gasteiger partial charge in [0.05, 0.1) is 7.11 Å². The predicted octanol–water partition coefficient (Wildman–Crippen LogP) is 3.53. The van der Waals surface area contributed by atoms with Gasteiger partial charge in [0.15, 0.2) is 0 Å². The average Bonchev–Trinajstić information content (AvgIpc) is 3.17. The lowest BCUT2D eigenvalue weighted by atomic mass is 9.97. The van der Waals surface area contributed by atoms with E-state index in [9.17, 15) is 0 Å². The molecule has 0 unspecified atom stereocenters. The molecule has 132 valence electrons. The van der Waals surface area contributed by atoms with Gasteiger partial charge < -0.3 is 19.4 Å². The molecular formula is C20H25N3O2. The van der Waals surface area contributed by atoms with E-state index in [4.69, 9.17) is 9.47 Å². The fourth-order valence-electron chi connectivity index (χ4n) is 3.82. The second kappa shape index (κ2) is 6.92. The van der Waals surface area contributed by atoms with Crippen molar-refractivity contribution in [1.29, 1.82) is 0 Å². The Morgan fingerprint density at radius 2 is 2.32 bits per heavy atom. The van der Waals surface area contributed by atoms with Crippen LogP contribution in [0.15, 0.2) is 30.6 Å². The number of nitrogens with one attached hydrogen (secondary N) is 1. The molecule has 0 aliphatic carbocycles. The van der Waals surface area contributed by atoms with Crippen LogP contribution in [-0.2, 0) is 0 Å². The molecule has 2 aliphatic rings. The van der Waals surface area contributed by atoms with Crippen LogP contribution in [0, 0.1) is 0 Å². The first-order valence-corrected chi connectivity index (χ1v) is 9.06. The van der Waals surface area contributed by atoms with Crippen LogP contribution in [-0.4, -0.2) is 35.9 Å². The lowest BCUT2D eigenvalue weighted by molar-refractivity contribution is 0.292. The number of imidazole rings is 1. The number of fused-ring (bicyclic) bond motifs is 1.